The highest BCUT2D eigenvalue weighted by atomic mass is 16.2. The molecule has 1 aromatic carbocycles. The molecule has 1 aliphatic heterocycles. The molecule has 0 spiro atoms. The van der Waals surface area contributed by atoms with Gasteiger partial charge in [0.2, 0.25) is 0 Å². The molecule has 2 aromatic heterocycles. The monoisotopic (exact) mass is 431 g/mol. The predicted molar refractivity (Wildman–Crippen MR) is 121 cm³/mol. The lowest BCUT2D eigenvalue weighted by Gasteiger charge is -2.27. The molecule has 1 saturated heterocycles. The Balaban J connectivity index is 1.94. The van der Waals surface area contributed by atoms with Gasteiger partial charge in [0.05, 0.1) is 30.8 Å². The van der Waals surface area contributed by atoms with E-state index in [1.807, 2.05) is 0 Å². The van der Waals surface area contributed by atoms with Crippen LogP contribution in [0.2, 0.25) is 0 Å². The maximum atomic E-state index is 13.6. The number of nitrogens with two attached hydrogens (primary N) is 1. The van der Waals surface area contributed by atoms with Gasteiger partial charge in [-0.05, 0) is 37.9 Å². The van der Waals surface area contributed by atoms with Crippen LogP contribution in [0.3, 0.4) is 0 Å². The van der Waals surface area contributed by atoms with Crippen LogP contribution in [0.15, 0.2) is 33.9 Å². The zero-order valence-electron chi connectivity index (χ0n) is 18.1. The Morgan fingerprint density at radius 2 is 2.06 bits per heavy atom. The summed E-state index contributed by atoms with van der Waals surface area (Å²) in [6, 6.07) is 8.96. The first kappa shape index (κ1) is 21.6. The van der Waals surface area contributed by atoms with Crippen LogP contribution >= 0.6 is 0 Å². The first-order valence-electron chi connectivity index (χ1n) is 10.5. The molecule has 0 aliphatic carbocycles. The summed E-state index contributed by atoms with van der Waals surface area (Å²) in [5.41, 5.74) is 6.91. The second kappa shape index (κ2) is 8.83. The number of nitriles is 1. The van der Waals surface area contributed by atoms with E-state index in [2.05, 4.69) is 23.2 Å². The van der Waals surface area contributed by atoms with Gasteiger partial charge in [0, 0.05) is 13.1 Å². The fourth-order valence-electron chi connectivity index (χ4n) is 4.19. The van der Waals surface area contributed by atoms with Crippen molar-refractivity contribution in [3.63, 3.8) is 0 Å². The molecule has 4 rings (SSSR count). The van der Waals surface area contributed by atoms with Crippen LogP contribution < -0.4 is 22.3 Å². The van der Waals surface area contributed by atoms with Crippen molar-refractivity contribution in [2.45, 2.75) is 44.9 Å². The quantitative estimate of drug-likeness (QED) is 0.583. The van der Waals surface area contributed by atoms with Crippen molar-refractivity contribution in [1.29, 1.82) is 5.26 Å². The maximum absolute atomic E-state index is 13.6. The summed E-state index contributed by atoms with van der Waals surface area (Å²) in [4.78, 5) is 31.4. The van der Waals surface area contributed by atoms with Crippen molar-refractivity contribution in [1.82, 2.24) is 24.0 Å². The standard InChI is InChI=1S/C23H25N7O2/c1-3-4-11-29-19-21(27-20(29)18-12-17(25)9-10-26-18)28(2)23(32)30(22(19)31)14-16-8-6-5-7-15(16)13-24/h5-8,17-18,26H,9-12,14,25H2,1-2H3/t17-,18?/m1/s1. The lowest BCUT2D eigenvalue weighted by atomic mass is 10.00. The molecule has 1 aliphatic rings. The number of aryl methyl sites for hydroxylation is 1. The number of nitrogens with one attached hydrogen (secondary N) is 1. The van der Waals surface area contributed by atoms with E-state index in [0.717, 1.165) is 17.5 Å². The summed E-state index contributed by atoms with van der Waals surface area (Å²) in [6.07, 6.45) is 1.55. The smallest absolute Gasteiger partial charge is 0.328 e. The maximum Gasteiger partial charge on any atom is 0.332 e. The Morgan fingerprint density at radius 3 is 2.78 bits per heavy atom. The summed E-state index contributed by atoms with van der Waals surface area (Å²) >= 11 is 0. The van der Waals surface area contributed by atoms with Gasteiger partial charge in [0.25, 0.3) is 5.56 Å². The van der Waals surface area contributed by atoms with Gasteiger partial charge in [-0.2, -0.15) is 5.26 Å². The average Bonchev–Trinajstić information content (AvgIpc) is 3.19. The highest BCUT2D eigenvalue weighted by Crippen LogP contribution is 2.24. The van der Waals surface area contributed by atoms with Gasteiger partial charge >= 0.3 is 5.69 Å². The van der Waals surface area contributed by atoms with Gasteiger partial charge in [-0.1, -0.05) is 24.1 Å². The Bertz CT molecular complexity index is 1390. The number of hydrogen-bond acceptors (Lipinski definition) is 6. The molecule has 164 valence electrons. The molecular formula is C23H25N7O2. The van der Waals surface area contributed by atoms with E-state index < -0.39 is 11.2 Å². The summed E-state index contributed by atoms with van der Waals surface area (Å²) in [5, 5.41) is 12.8. The molecule has 3 aromatic rings. The minimum absolute atomic E-state index is 0.00228. The summed E-state index contributed by atoms with van der Waals surface area (Å²) in [6.45, 7) is 2.76. The number of hydrogen-bond donors (Lipinski definition) is 2. The molecule has 1 fully saturated rings. The van der Waals surface area contributed by atoms with Gasteiger partial charge in [-0.15, -0.1) is 5.92 Å². The molecule has 0 bridgehead atoms. The summed E-state index contributed by atoms with van der Waals surface area (Å²) < 4.78 is 4.32. The van der Waals surface area contributed by atoms with Gasteiger partial charge in [-0.25, -0.2) is 9.78 Å². The van der Waals surface area contributed by atoms with Crippen molar-refractivity contribution >= 4 is 11.2 Å². The fraction of sp³-hybridized carbons (Fsp3) is 0.391. The van der Waals surface area contributed by atoms with Crippen LogP contribution in [0, 0.1) is 23.2 Å². The molecule has 0 amide bonds. The van der Waals surface area contributed by atoms with Gasteiger partial charge in [0.15, 0.2) is 11.2 Å². The largest absolute Gasteiger partial charge is 0.332 e. The molecule has 0 saturated carbocycles. The van der Waals surface area contributed by atoms with E-state index in [1.54, 1.807) is 42.8 Å². The molecule has 9 nitrogen and oxygen atoms in total. The molecule has 3 heterocycles. The number of rotatable bonds is 4. The van der Waals surface area contributed by atoms with E-state index >= 15 is 0 Å². The van der Waals surface area contributed by atoms with E-state index in [9.17, 15) is 14.9 Å². The molecule has 3 N–H and O–H groups in total. The van der Waals surface area contributed by atoms with Crippen LogP contribution in [0.4, 0.5) is 0 Å². The first-order chi connectivity index (χ1) is 15.5. The van der Waals surface area contributed by atoms with Gasteiger partial charge < -0.3 is 15.6 Å². The van der Waals surface area contributed by atoms with E-state index in [4.69, 9.17) is 10.7 Å². The number of benzene rings is 1. The number of piperidine rings is 1. The van der Waals surface area contributed by atoms with Crippen molar-refractivity contribution in [3.8, 4) is 17.9 Å². The molecular weight excluding hydrogens is 406 g/mol. The lowest BCUT2D eigenvalue weighted by molar-refractivity contribution is 0.352. The zero-order valence-corrected chi connectivity index (χ0v) is 18.1. The number of aromatic nitrogens is 4. The van der Waals surface area contributed by atoms with Crippen LogP contribution in [0.5, 0.6) is 0 Å². The molecule has 9 heteroatoms. The Labute approximate surface area is 185 Å². The van der Waals surface area contributed by atoms with Crippen LogP contribution in [-0.4, -0.2) is 31.3 Å². The number of fused-ring (bicyclic) bond motifs is 1. The third-order valence-electron chi connectivity index (χ3n) is 5.90. The number of nitrogens with zero attached hydrogens (tertiary/aromatic N) is 5. The zero-order chi connectivity index (χ0) is 22.8. The van der Waals surface area contributed by atoms with E-state index in [0.29, 0.717) is 34.5 Å². The molecule has 32 heavy (non-hydrogen) atoms. The van der Waals surface area contributed by atoms with Crippen LogP contribution in [-0.2, 0) is 20.1 Å². The highest BCUT2D eigenvalue weighted by Gasteiger charge is 2.28. The Kier molecular flexibility index (Phi) is 5.95. The van der Waals surface area contributed by atoms with Crippen molar-refractivity contribution in [2.24, 2.45) is 12.8 Å². The second-order valence-electron chi connectivity index (χ2n) is 7.95. The Hall–Kier alpha value is -3.66. The topological polar surface area (TPSA) is 124 Å². The highest BCUT2D eigenvalue weighted by molar-refractivity contribution is 5.71. The summed E-state index contributed by atoms with van der Waals surface area (Å²) in [7, 11) is 1.60. The lowest BCUT2D eigenvalue weighted by Crippen LogP contribution is -2.40. The van der Waals surface area contributed by atoms with Gasteiger partial charge in [-0.3, -0.25) is 13.9 Å². The SMILES string of the molecule is CC#CCn1c(C2C[C@H](N)CCN2)nc2c1c(=O)n(Cc1ccccc1C#N)c(=O)n2C. The minimum Gasteiger partial charge on any atom is -0.328 e. The normalized spacial score (nSPS) is 18.2. The summed E-state index contributed by atoms with van der Waals surface area (Å²) in [5.74, 6) is 6.54. The van der Waals surface area contributed by atoms with E-state index in [-0.39, 0.29) is 25.2 Å². The molecule has 2 atom stereocenters. The Morgan fingerprint density at radius 1 is 1.28 bits per heavy atom. The van der Waals surface area contributed by atoms with Crippen LogP contribution in [0.25, 0.3) is 11.2 Å². The number of imidazole rings is 1. The molecule has 1 unspecified atom stereocenters. The van der Waals surface area contributed by atoms with Crippen molar-refractivity contribution in [3.05, 3.63) is 62.1 Å². The minimum atomic E-state index is -0.485. The third kappa shape index (κ3) is 3.73. The molecule has 0 radical (unpaired) electrons. The fourth-order valence-corrected chi connectivity index (χ4v) is 4.19. The first-order valence-corrected chi connectivity index (χ1v) is 10.5. The van der Waals surface area contributed by atoms with Gasteiger partial charge in [0.1, 0.15) is 5.82 Å². The third-order valence-corrected chi connectivity index (χ3v) is 5.90. The van der Waals surface area contributed by atoms with Crippen molar-refractivity contribution in [2.75, 3.05) is 6.54 Å². The van der Waals surface area contributed by atoms with E-state index in [1.165, 1.54) is 4.57 Å². The second-order valence-corrected chi connectivity index (χ2v) is 7.95. The van der Waals surface area contributed by atoms with Crippen molar-refractivity contribution < 1.29 is 0 Å². The average molecular weight is 432 g/mol. The van der Waals surface area contributed by atoms with Crippen LogP contribution in [0.1, 0.15) is 42.8 Å². The predicted octanol–water partition coefficient (Wildman–Crippen LogP) is 0.592.